The van der Waals surface area contributed by atoms with Gasteiger partial charge in [-0.1, -0.05) is 0 Å². The first-order valence-electron chi connectivity index (χ1n) is 7.12. The van der Waals surface area contributed by atoms with Crippen LogP contribution in [0.5, 0.6) is 0 Å². The predicted molar refractivity (Wildman–Crippen MR) is 72.4 cm³/mol. The molecular weight excluding hydrogens is 224 g/mol. The predicted octanol–water partition coefficient (Wildman–Crippen LogP) is 1.47. The Kier molecular flexibility index (Phi) is 3.16. The van der Waals surface area contributed by atoms with Gasteiger partial charge in [-0.2, -0.15) is 5.10 Å². The second-order valence-electron chi connectivity index (χ2n) is 5.98. The molecule has 0 saturated carbocycles. The van der Waals surface area contributed by atoms with Gasteiger partial charge in [-0.25, -0.2) is 0 Å². The van der Waals surface area contributed by atoms with Crippen LogP contribution in [0.15, 0.2) is 6.20 Å². The molecule has 3 aliphatic rings. The molecule has 4 nitrogen and oxygen atoms in total. The highest BCUT2D eigenvalue weighted by atomic mass is 15.3. The third-order valence-electron chi connectivity index (χ3n) is 4.64. The van der Waals surface area contributed by atoms with Crippen molar-refractivity contribution in [2.24, 2.45) is 13.0 Å². The minimum Gasteiger partial charge on any atom is -0.306 e. The van der Waals surface area contributed by atoms with E-state index in [4.69, 9.17) is 0 Å². The molecule has 4 rings (SSSR count). The van der Waals surface area contributed by atoms with E-state index in [0.29, 0.717) is 12.1 Å². The van der Waals surface area contributed by atoms with Crippen molar-refractivity contribution in [1.29, 1.82) is 0 Å². The topological polar surface area (TPSA) is 33.1 Å². The number of fused-ring (bicyclic) bond motifs is 3. The number of hydrogen-bond donors (Lipinski definition) is 1. The highest BCUT2D eigenvalue weighted by Gasteiger charge is 2.34. The summed E-state index contributed by atoms with van der Waals surface area (Å²) >= 11 is 0. The molecule has 3 saturated heterocycles. The molecule has 18 heavy (non-hydrogen) atoms. The van der Waals surface area contributed by atoms with Gasteiger partial charge in [-0.3, -0.25) is 4.68 Å². The van der Waals surface area contributed by atoms with E-state index in [1.54, 1.807) is 0 Å². The van der Waals surface area contributed by atoms with Crippen LogP contribution in [0.3, 0.4) is 0 Å². The van der Waals surface area contributed by atoms with E-state index in [1.165, 1.54) is 38.0 Å². The standard InChI is InChI=1S/C14H24N4/c1-10(13-8-17(3)16-11(13)2)15-14-9-18-6-4-12(14)5-7-18/h8,10,12,14-15H,4-7,9H2,1-3H3. The number of nitrogens with one attached hydrogen (secondary N) is 1. The van der Waals surface area contributed by atoms with Crippen LogP contribution in [-0.2, 0) is 7.05 Å². The molecule has 0 radical (unpaired) electrons. The fraction of sp³-hybridized carbons (Fsp3) is 0.786. The lowest BCUT2D eigenvalue weighted by Gasteiger charge is -2.46. The second-order valence-corrected chi connectivity index (χ2v) is 5.98. The fourth-order valence-electron chi connectivity index (χ4n) is 3.61. The van der Waals surface area contributed by atoms with E-state index in [9.17, 15) is 0 Å². The van der Waals surface area contributed by atoms with Gasteiger partial charge < -0.3 is 10.2 Å². The summed E-state index contributed by atoms with van der Waals surface area (Å²) in [5, 5.41) is 8.27. The molecule has 1 aromatic heterocycles. The Morgan fingerprint density at radius 3 is 2.61 bits per heavy atom. The lowest BCUT2D eigenvalue weighted by Crippen LogP contribution is -2.56. The van der Waals surface area contributed by atoms with Crippen LogP contribution in [-0.4, -0.2) is 40.4 Å². The van der Waals surface area contributed by atoms with Crippen molar-refractivity contribution in [3.05, 3.63) is 17.5 Å². The normalized spacial score (nSPS) is 32.7. The zero-order valence-electron chi connectivity index (χ0n) is 11.7. The zero-order chi connectivity index (χ0) is 12.7. The number of nitrogens with zero attached hydrogens (tertiary/aromatic N) is 3. The van der Waals surface area contributed by atoms with E-state index >= 15 is 0 Å². The lowest BCUT2D eigenvalue weighted by atomic mass is 9.83. The van der Waals surface area contributed by atoms with E-state index in [2.05, 4.69) is 35.4 Å². The van der Waals surface area contributed by atoms with Crippen molar-refractivity contribution in [2.75, 3.05) is 19.6 Å². The molecule has 4 heterocycles. The van der Waals surface area contributed by atoms with Gasteiger partial charge in [-0.05, 0) is 45.7 Å². The molecule has 0 aromatic carbocycles. The van der Waals surface area contributed by atoms with Crippen LogP contribution in [0.1, 0.15) is 37.1 Å². The summed E-state index contributed by atoms with van der Waals surface area (Å²) < 4.78 is 1.92. The minimum absolute atomic E-state index is 0.407. The number of piperidine rings is 3. The molecule has 3 aliphatic heterocycles. The van der Waals surface area contributed by atoms with Gasteiger partial charge in [0.05, 0.1) is 5.69 Å². The minimum atomic E-state index is 0.407. The van der Waals surface area contributed by atoms with Crippen molar-refractivity contribution < 1.29 is 0 Å². The summed E-state index contributed by atoms with van der Waals surface area (Å²) in [7, 11) is 2.00. The molecule has 100 valence electrons. The van der Waals surface area contributed by atoms with Gasteiger partial charge in [-0.15, -0.1) is 0 Å². The maximum absolute atomic E-state index is 4.44. The lowest BCUT2D eigenvalue weighted by molar-refractivity contribution is 0.0680. The van der Waals surface area contributed by atoms with Crippen LogP contribution in [0.4, 0.5) is 0 Å². The molecule has 0 amide bonds. The highest BCUT2D eigenvalue weighted by molar-refractivity contribution is 5.19. The van der Waals surface area contributed by atoms with Gasteiger partial charge in [0.15, 0.2) is 0 Å². The van der Waals surface area contributed by atoms with Gasteiger partial charge in [0.1, 0.15) is 0 Å². The molecule has 1 N–H and O–H groups in total. The maximum atomic E-state index is 4.44. The summed E-state index contributed by atoms with van der Waals surface area (Å²) in [6.07, 6.45) is 4.89. The average Bonchev–Trinajstić information content (AvgIpc) is 2.70. The Hall–Kier alpha value is -0.870. The monoisotopic (exact) mass is 248 g/mol. The summed E-state index contributed by atoms with van der Waals surface area (Å²) in [5.74, 6) is 0.884. The Labute approximate surface area is 109 Å². The number of rotatable bonds is 3. The van der Waals surface area contributed by atoms with Crippen molar-refractivity contribution >= 4 is 0 Å². The quantitative estimate of drug-likeness (QED) is 0.879. The first-order valence-corrected chi connectivity index (χ1v) is 7.12. The Morgan fingerprint density at radius 1 is 1.39 bits per heavy atom. The van der Waals surface area contributed by atoms with Crippen LogP contribution in [0.2, 0.25) is 0 Å². The fourth-order valence-corrected chi connectivity index (χ4v) is 3.61. The maximum Gasteiger partial charge on any atom is 0.0641 e. The number of hydrogen-bond acceptors (Lipinski definition) is 3. The molecule has 0 spiro atoms. The largest absolute Gasteiger partial charge is 0.306 e. The van der Waals surface area contributed by atoms with Crippen LogP contribution in [0, 0.1) is 12.8 Å². The van der Waals surface area contributed by atoms with E-state index in [0.717, 1.165) is 11.6 Å². The summed E-state index contributed by atoms with van der Waals surface area (Å²) in [6, 6.07) is 1.08. The van der Waals surface area contributed by atoms with Crippen molar-refractivity contribution in [2.45, 2.75) is 38.8 Å². The third-order valence-corrected chi connectivity index (χ3v) is 4.64. The van der Waals surface area contributed by atoms with Gasteiger partial charge in [0, 0.05) is 37.4 Å². The van der Waals surface area contributed by atoms with Crippen LogP contribution < -0.4 is 5.32 Å². The SMILES string of the molecule is Cc1nn(C)cc1C(C)NC1CN2CCC1CC2. The van der Waals surface area contributed by atoms with Crippen LogP contribution >= 0.6 is 0 Å². The van der Waals surface area contributed by atoms with Crippen molar-refractivity contribution in [3.8, 4) is 0 Å². The second kappa shape index (κ2) is 4.67. The molecule has 1 aromatic rings. The zero-order valence-corrected chi connectivity index (χ0v) is 11.7. The molecular formula is C14H24N4. The van der Waals surface area contributed by atoms with Gasteiger partial charge >= 0.3 is 0 Å². The molecule has 2 atom stereocenters. The molecule has 3 fully saturated rings. The first kappa shape index (κ1) is 12.2. The smallest absolute Gasteiger partial charge is 0.0641 e. The van der Waals surface area contributed by atoms with Crippen LogP contribution in [0.25, 0.3) is 0 Å². The summed E-state index contributed by atoms with van der Waals surface area (Å²) in [5.41, 5.74) is 2.49. The number of aryl methyl sites for hydroxylation is 2. The first-order chi connectivity index (χ1) is 8.63. The van der Waals surface area contributed by atoms with E-state index < -0.39 is 0 Å². The van der Waals surface area contributed by atoms with E-state index in [-0.39, 0.29) is 0 Å². The Bertz CT molecular complexity index is 417. The van der Waals surface area contributed by atoms with Crippen molar-refractivity contribution in [3.63, 3.8) is 0 Å². The Balaban J connectivity index is 1.67. The van der Waals surface area contributed by atoms with Crippen molar-refractivity contribution in [1.82, 2.24) is 20.0 Å². The number of aromatic nitrogens is 2. The van der Waals surface area contributed by atoms with Gasteiger partial charge in [0.2, 0.25) is 0 Å². The molecule has 2 bridgehead atoms. The Morgan fingerprint density at radius 2 is 2.11 bits per heavy atom. The van der Waals surface area contributed by atoms with E-state index in [1.807, 2.05) is 11.7 Å². The molecule has 2 unspecified atom stereocenters. The molecule has 4 heteroatoms. The average molecular weight is 248 g/mol. The summed E-state index contributed by atoms with van der Waals surface area (Å²) in [6.45, 7) is 8.21. The summed E-state index contributed by atoms with van der Waals surface area (Å²) in [4.78, 5) is 2.60. The molecule has 0 aliphatic carbocycles. The highest BCUT2D eigenvalue weighted by Crippen LogP contribution is 2.29. The van der Waals surface area contributed by atoms with Gasteiger partial charge in [0.25, 0.3) is 0 Å². The third kappa shape index (κ3) is 2.19.